The predicted octanol–water partition coefficient (Wildman–Crippen LogP) is 2.28. The molecule has 134 valence electrons. The Morgan fingerprint density at radius 3 is 2.67 bits per heavy atom. The van der Waals surface area contributed by atoms with Crippen LogP contribution >= 0.6 is 11.6 Å². The summed E-state index contributed by atoms with van der Waals surface area (Å²) in [6.45, 7) is 5.71. The van der Waals surface area contributed by atoms with Gasteiger partial charge >= 0.3 is 0 Å². The molecule has 1 fully saturated rings. The molecule has 1 atom stereocenters. The monoisotopic (exact) mass is 374 g/mol. The number of hydrogen-bond donors (Lipinski definition) is 1. The summed E-state index contributed by atoms with van der Waals surface area (Å²) in [5, 5.41) is 0.0888. The fraction of sp³-hybridized carbons (Fsp3) is 0.562. The quantitative estimate of drug-likeness (QED) is 0.794. The summed E-state index contributed by atoms with van der Waals surface area (Å²) in [5.74, 6) is -0.216. The van der Waals surface area contributed by atoms with Crippen molar-refractivity contribution in [1.29, 1.82) is 0 Å². The van der Waals surface area contributed by atoms with Gasteiger partial charge in [0, 0.05) is 31.8 Å². The Morgan fingerprint density at radius 1 is 1.38 bits per heavy atom. The summed E-state index contributed by atoms with van der Waals surface area (Å²) in [4.78, 5) is 14.0. The van der Waals surface area contributed by atoms with Crippen molar-refractivity contribution >= 4 is 27.5 Å². The molecule has 8 heteroatoms. The van der Waals surface area contributed by atoms with Crippen LogP contribution in [0.2, 0.25) is 5.02 Å². The van der Waals surface area contributed by atoms with E-state index in [2.05, 4.69) is 4.72 Å². The molecule has 1 N–H and O–H groups in total. The highest BCUT2D eigenvalue weighted by atomic mass is 35.5. The Balaban J connectivity index is 2.21. The lowest BCUT2D eigenvalue weighted by atomic mass is 10.2. The van der Waals surface area contributed by atoms with Crippen LogP contribution in [0.4, 0.5) is 0 Å². The summed E-state index contributed by atoms with van der Waals surface area (Å²) in [5.41, 5.74) is 0.306. The molecular formula is C16H23ClN2O4S. The Hall–Kier alpha value is -1.15. The molecule has 1 aliphatic heterocycles. The summed E-state index contributed by atoms with van der Waals surface area (Å²) in [6, 6.07) is 4.32. The van der Waals surface area contributed by atoms with E-state index in [9.17, 15) is 13.2 Å². The Bertz CT molecular complexity index is 683. The van der Waals surface area contributed by atoms with Gasteiger partial charge in [0.25, 0.3) is 5.91 Å². The molecule has 1 amide bonds. The SMILES string of the molecule is CCN(CC)C(=O)c1ccc(Cl)c(S(=O)(=O)NCC2CCCO2)c1. The summed E-state index contributed by atoms with van der Waals surface area (Å²) >= 11 is 6.05. The van der Waals surface area contributed by atoms with E-state index in [4.69, 9.17) is 16.3 Å². The average Bonchev–Trinajstić information content (AvgIpc) is 3.08. The van der Waals surface area contributed by atoms with Crippen molar-refractivity contribution in [1.82, 2.24) is 9.62 Å². The first-order valence-electron chi connectivity index (χ1n) is 8.09. The van der Waals surface area contributed by atoms with Crippen molar-refractivity contribution in [3.05, 3.63) is 28.8 Å². The molecule has 1 unspecified atom stereocenters. The van der Waals surface area contributed by atoms with Gasteiger partial charge in [-0.05, 0) is 44.9 Å². The zero-order chi connectivity index (χ0) is 17.7. The van der Waals surface area contributed by atoms with Gasteiger partial charge in [-0.2, -0.15) is 0 Å². The maximum Gasteiger partial charge on any atom is 0.253 e. The van der Waals surface area contributed by atoms with E-state index in [0.717, 1.165) is 12.8 Å². The van der Waals surface area contributed by atoms with Gasteiger partial charge in [0.15, 0.2) is 0 Å². The molecule has 0 bridgehead atoms. The number of sulfonamides is 1. The number of carbonyl (C=O) groups excluding carboxylic acids is 1. The van der Waals surface area contributed by atoms with E-state index < -0.39 is 10.0 Å². The smallest absolute Gasteiger partial charge is 0.253 e. The van der Waals surface area contributed by atoms with Gasteiger partial charge in [0.2, 0.25) is 10.0 Å². The lowest BCUT2D eigenvalue weighted by Gasteiger charge is -2.19. The van der Waals surface area contributed by atoms with Gasteiger partial charge in [0.1, 0.15) is 4.90 Å². The standard InChI is InChI=1S/C16H23ClN2O4S/c1-3-19(4-2)16(20)12-7-8-14(17)15(10-12)24(21,22)18-11-13-6-5-9-23-13/h7-8,10,13,18H,3-6,9,11H2,1-2H3. The maximum absolute atomic E-state index is 12.5. The van der Waals surface area contributed by atoms with Crippen LogP contribution in [0.25, 0.3) is 0 Å². The van der Waals surface area contributed by atoms with Crippen molar-refractivity contribution in [2.75, 3.05) is 26.2 Å². The zero-order valence-corrected chi connectivity index (χ0v) is 15.5. The van der Waals surface area contributed by atoms with E-state index >= 15 is 0 Å². The molecular weight excluding hydrogens is 352 g/mol. The van der Waals surface area contributed by atoms with Gasteiger partial charge < -0.3 is 9.64 Å². The molecule has 1 aliphatic rings. The van der Waals surface area contributed by atoms with Gasteiger partial charge in [-0.1, -0.05) is 11.6 Å². The third kappa shape index (κ3) is 4.47. The zero-order valence-electron chi connectivity index (χ0n) is 13.9. The number of amides is 1. The number of nitrogens with one attached hydrogen (secondary N) is 1. The fourth-order valence-corrected chi connectivity index (χ4v) is 4.21. The molecule has 0 spiro atoms. The fourth-order valence-electron chi connectivity index (χ4n) is 2.62. The van der Waals surface area contributed by atoms with Gasteiger partial charge in [-0.25, -0.2) is 13.1 Å². The van der Waals surface area contributed by atoms with Crippen LogP contribution in [0.15, 0.2) is 23.1 Å². The van der Waals surface area contributed by atoms with E-state index in [1.807, 2.05) is 13.8 Å². The number of halogens is 1. The Morgan fingerprint density at radius 2 is 2.08 bits per heavy atom. The van der Waals surface area contributed by atoms with Gasteiger partial charge in [0.05, 0.1) is 11.1 Å². The highest BCUT2D eigenvalue weighted by molar-refractivity contribution is 7.89. The van der Waals surface area contributed by atoms with Crippen LogP contribution < -0.4 is 4.72 Å². The number of hydrogen-bond acceptors (Lipinski definition) is 4. The molecule has 1 aromatic rings. The number of ether oxygens (including phenoxy) is 1. The summed E-state index contributed by atoms with van der Waals surface area (Å²) in [7, 11) is -3.81. The van der Waals surface area contributed by atoms with Crippen LogP contribution in [0, 0.1) is 0 Å². The Labute approximate surface area is 148 Å². The molecule has 0 radical (unpaired) electrons. The third-order valence-electron chi connectivity index (χ3n) is 4.04. The average molecular weight is 375 g/mol. The first kappa shape index (κ1) is 19.2. The largest absolute Gasteiger partial charge is 0.377 e. The molecule has 6 nitrogen and oxygen atoms in total. The minimum atomic E-state index is -3.81. The third-order valence-corrected chi connectivity index (χ3v) is 5.95. The number of benzene rings is 1. The van der Waals surface area contributed by atoms with Crippen LogP contribution in [-0.4, -0.2) is 51.6 Å². The summed E-state index contributed by atoms with van der Waals surface area (Å²) in [6.07, 6.45) is 1.65. The molecule has 1 aromatic carbocycles. The van der Waals surface area contributed by atoms with E-state index in [1.54, 1.807) is 11.0 Å². The van der Waals surface area contributed by atoms with Gasteiger partial charge in [-0.15, -0.1) is 0 Å². The number of nitrogens with zero attached hydrogens (tertiary/aromatic N) is 1. The first-order valence-corrected chi connectivity index (χ1v) is 9.95. The minimum absolute atomic E-state index is 0.0832. The molecule has 0 saturated carbocycles. The lowest BCUT2D eigenvalue weighted by Crippen LogP contribution is -2.33. The van der Waals surface area contributed by atoms with Crippen molar-refractivity contribution in [3.8, 4) is 0 Å². The number of carbonyl (C=O) groups is 1. The molecule has 24 heavy (non-hydrogen) atoms. The maximum atomic E-state index is 12.5. The van der Waals surface area contributed by atoms with E-state index in [-0.39, 0.29) is 28.5 Å². The highest BCUT2D eigenvalue weighted by Crippen LogP contribution is 2.24. The lowest BCUT2D eigenvalue weighted by molar-refractivity contribution is 0.0772. The van der Waals surface area contributed by atoms with E-state index in [1.165, 1.54) is 12.1 Å². The van der Waals surface area contributed by atoms with Crippen molar-refractivity contribution in [2.24, 2.45) is 0 Å². The highest BCUT2D eigenvalue weighted by Gasteiger charge is 2.24. The topological polar surface area (TPSA) is 75.7 Å². The van der Waals surface area contributed by atoms with E-state index in [0.29, 0.717) is 25.3 Å². The van der Waals surface area contributed by atoms with Crippen molar-refractivity contribution < 1.29 is 17.9 Å². The van der Waals surface area contributed by atoms with Crippen LogP contribution in [0.1, 0.15) is 37.0 Å². The molecule has 1 heterocycles. The van der Waals surface area contributed by atoms with Crippen LogP contribution in [0.3, 0.4) is 0 Å². The second kappa shape index (κ2) is 8.29. The Kier molecular flexibility index (Phi) is 6.62. The van der Waals surface area contributed by atoms with Crippen LogP contribution in [0.5, 0.6) is 0 Å². The molecule has 1 saturated heterocycles. The second-order valence-electron chi connectivity index (χ2n) is 5.61. The normalized spacial score (nSPS) is 17.9. The van der Waals surface area contributed by atoms with Crippen LogP contribution in [-0.2, 0) is 14.8 Å². The first-order chi connectivity index (χ1) is 11.4. The molecule has 0 aromatic heterocycles. The van der Waals surface area contributed by atoms with Gasteiger partial charge in [-0.3, -0.25) is 4.79 Å². The van der Waals surface area contributed by atoms with Crippen molar-refractivity contribution in [2.45, 2.75) is 37.7 Å². The van der Waals surface area contributed by atoms with Crippen molar-refractivity contribution in [3.63, 3.8) is 0 Å². The summed E-state index contributed by atoms with van der Waals surface area (Å²) < 4.78 is 33.0. The second-order valence-corrected chi connectivity index (χ2v) is 7.75. The molecule has 2 rings (SSSR count). The predicted molar refractivity (Wildman–Crippen MR) is 92.9 cm³/mol. The molecule has 0 aliphatic carbocycles. The number of rotatable bonds is 7. The minimum Gasteiger partial charge on any atom is -0.377 e.